The van der Waals surface area contributed by atoms with Crippen molar-refractivity contribution in [3.8, 4) is 0 Å². The lowest BCUT2D eigenvalue weighted by Crippen LogP contribution is -2.62. The molecule has 112 valence electrons. The van der Waals surface area contributed by atoms with Crippen molar-refractivity contribution in [3.05, 3.63) is 0 Å². The molecule has 2 heterocycles. The Morgan fingerprint density at radius 2 is 1.95 bits per heavy atom. The van der Waals surface area contributed by atoms with Crippen LogP contribution in [-0.4, -0.2) is 75.0 Å². The Labute approximate surface area is 117 Å². The average molecular weight is 289 g/mol. The van der Waals surface area contributed by atoms with Crippen molar-refractivity contribution < 1.29 is 8.42 Å². The fourth-order valence-corrected chi connectivity index (χ4v) is 4.96. The van der Waals surface area contributed by atoms with Crippen LogP contribution < -0.4 is 5.73 Å². The van der Waals surface area contributed by atoms with E-state index in [-0.39, 0.29) is 5.54 Å². The van der Waals surface area contributed by atoms with Crippen LogP contribution in [0.5, 0.6) is 0 Å². The van der Waals surface area contributed by atoms with Crippen LogP contribution in [0.1, 0.15) is 25.7 Å². The second kappa shape index (κ2) is 5.68. The van der Waals surface area contributed by atoms with Crippen LogP contribution in [0, 0.1) is 0 Å². The summed E-state index contributed by atoms with van der Waals surface area (Å²) >= 11 is 0. The minimum absolute atomic E-state index is 0.0833. The molecular formula is C13H27N3O2S. The molecule has 0 amide bonds. The van der Waals surface area contributed by atoms with Crippen molar-refractivity contribution in [2.24, 2.45) is 5.73 Å². The minimum Gasteiger partial charge on any atom is -0.329 e. The molecule has 6 heteroatoms. The van der Waals surface area contributed by atoms with E-state index in [2.05, 4.69) is 23.9 Å². The van der Waals surface area contributed by atoms with Gasteiger partial charge < -0.3 is 10.6 Å². The zero-order valence-electron chi connectivity index (χ0n) is 12.1. The molecule has 2 aliphatic heterocycles. The van der Waals surface area contributed by atoms with Gasteiger partial charge in [-0.15, -0.1) is 0 Å². The normalized spacial score (nSPS) is 31.5. The first kappa shape index (κ1) is 15.2. The lowest BCUT2D eigenvalue weighted by Gasteiger charge is -2.50. The van der Waals surface area contributed by atoms with Crippen molar-refractivity contribution in [1.82, 2.24) is 9.80 Å². The van der Waals surface area contributed by atoms with E-state index in [1.54, 1.807) is 0 Å². The Morgan fingerprint density at radius 1 is 1.32 bits per heavy atom. The minimum atomic E-state index is -2.83. The van der Waals surface area contributed by atoms with E-state index in [1.165, 1.54) is 12.8 Å². The van der Waals surface area contributed by atoms with Crippen molar-refractivity contribution >= 4 is 9.84 Å². The number of nitrogens with two attached hydrogens (primary N) is 1. The van der Waals surface area contributed by atoms with Gasteiger partial charge in [0.15, 0.2) is 0 Å². The molecule has 0 bridgehead atoms. The van der Waals surface area contributed by atoms with Gasteiger partial charge in [0.25, 0.3) is 0 Å². The van der Waals surface area contributed by atoms with E-state index < -0.39 is 9.84 Å². The van der Waals surface area contributed by atoms with E-state index in [0.717, 1.165) is 13.1 Å². The summed E-state index contributed by atoms with van der Waals surface area (Å²) < 4.78 is 23.3. The van der Waals surface area contributed by atoms with Crippen molar-refractivity contribution in [2.45, 2.75) is 37.3 Å². The molecule has 5 nitrogen and oxygen atoms in total. The molecule has 2 aliphatic rings. The third-order valence-electron chi connectivity index (χ3n) is 4.93. The first-order valence-corrected chi connectivity index (χ1v) is 9.03. The van der Waals surface area contributed by atoms with Gasteiger partial charge in [-0.1, -0.05) is 0 Å². The van der Waals surface area contributed by atoms with Gasteiger partial charge in [-0.25, -0.2) is 8.42 Å². The zero-order valence-corrected chi connectivity index (χ0v) is 13.0. The summed E-state index contributed by atoms with van der Waals surface area (Å²) in [5, 5.41) is 0. The van der Waals surface area contributed by atoms with E-state index in [0.29, 0.717) is 36.9 Å². The Bertz CT molecular complexity index is 394. The van der Waals surface area contributed by atoms with Gasteiger partial charge in [0, 0.05) is 24.7 Å². The van der Waals surface area contributed by atoms with Crippen molar-refractivity contribution in [3.63, 3.8) is 0 Å². The smallest absolute Gasteiger partial charge is 0.150 e. The fourth-order valence-electron chi connectivity index (χ4n) is 3.37. The Kier molecular flexibility index (Phi) is 4.55. The Hall–Kier alpha value is -0.170. The number of likely N-dealkylation sites (tertiary alicyclic amines) is 1. The largest absolute Gasteiger partial charge is 0.329 e. The summed E-state index contributed by atoms with van der Waals surface area (Å²) in [6, 6.07) is 0.565. The summed E-state index contributed by atoms with van der Waals surface area (Å²) in [6.45, 7) is 2.65. The molecule has 2 rings (SSSR count). The van der Waals surface area contributed by atoms with Gasteiger partial charge in [0.2, 0.25) is 0 Å². The summed E-state index contributed by atoms with van der Waals surface area (Å²) in [6.07, 6.45) is 3.80. The second-order valence-corrected chi connectivity index (χ2v) is 8.59. The molecule has 1 atom stereocenters. The van der Waals surface area contributed by atoms with E-state index in [9.17, 15) is 8.42 Å². The lowest BCUT2D eigenvalue weighted by molar-refractivity contribution is 0.0284. The molecular weight excluding hydrogens is 262 g/mol. The highest BCUT2D eigenvalue weighted by Crippen LogP contribution is 2.32. The van der Waals surface area contributed by atoms with Crippen LogP contribution in [0.3, 0.4) is 0 Å². The fraction of sp³-hybridized carbons (Fsp3) is 1.00. The maximum atomic E-state index is 11.6. The number of piperidine rings is 1. The molecule has 0 spiro atoms. The molecule has 0 saturated carbocycles. The molecule has 2 N–H and O–H groups in total. The van der Waals surface area contributed by atoms with Crippen LogP contribution in [0.4, 0.5) is 0 Å². The first-order valence-electron chi connectivity index (χ1n) is 7.20. The summed E-state index contributed by atoms with van der Waals surface area (Å²) in [5.74, 6) is 0.598. The number of hydrogen-bond donors (Lipinski definition) is 1. The van der Waals surface area contributed by atoms with Gasteiger partial charge >= 0.3 is 0 Å². The number of hydrogen-bond acceptors (Lipinski definition) is 5. The van der Waals surface area contributed by atoms with Gasteiger partial charge in [-0.05, 0) is 46.3 Å². The quantitative estimate of drug-likeness (QED) is 0.787. The molecule has 0 aliphatic carbocycles. The zero-order chi connectivity index (χ0) is 14.1. The standard InChI is InChI=1S/C13H27N3O2S/c1-15(2)12-4-3-7-16(10-12)13(11-14)5-8-19(17,18)9-6-13/h12H,3-11,14H2,1-2H3. The predicted molar refractivity (Wildman–Crippen MR) is 78.0 cm³/mol. The summed E-state index contributed by atoms with van der Waals surface area (Å²) in [5.41, 5.74) is 5.95. The highest BCUT2D eigenvalue weighted by Gasteiger charge is 2.42. The first-order chi connectivity index (χ1) is 8.88. The highest BCUT2D eigenvalue weighted by molar-refractivity contribution is 7.91. The van der Waals surface area contributed by atoms with E-state index in [4.69, 9.17) is 5.73 Å². The number of likely N-dealkylation sites (N-methyl/N-ethyl adjacent to an activating group) is 1. The predicted octanol–water partition coefficient (Wildman–Crippen LogP) is -0.0815. The summed E-state index contributed by atoms with van der Waals surface area (Å²) in [4.78, 5) is 4.74. The van der Waals surface area contributed by atoms with Gasteiger partial charge in [0.1, 0.15) is 9.84 Å². The summed E-state index contributed by atoms with van der Waals surface area (Å²) in [7, 11) is 1.41. The van der Waals surface area contributed by atoms with E-state index in [1.807, 2.05) is 0 Å². The second-order valence-electron chi connectivity index (χ2n) is 6.29. The SMILES string of the molecule is CN(C)C1CCCN(C2(CN)CCS(=O)(=O)CC2)C1. The van der Waals surface area contributed by atoms with Crippen molar-refractivity contribution in [2.75, 3.05) is 45.2 Å². The van der Waals surface area contributed by atoms with E-state index >= 15 is 0 Å². The Morgan fingerprint density at radius 3 is 2.47 bits per heavy atom. The molecule has 1 unspecified atom stereocenters. The molecule has 2 fully saturated rings. The number of sulfone groups is 1. The maximum Gasteiger partial charge on any atom is 0.150 e. The highest BCUT2D eigenvalue weighted by atomic mass is 32.2. The van der Waals surface area contributed by atoms with Crippen LogP contribution in [0.25, 0.3) is 0 Å². The van der Waals surface area contributed by atoms with Gasteiger partial charge in [0.05, 0.1) is 11.5 Å². The van der Waals surface area contributed by atoms with Crippen LogP contribution in [0.15, 0.2) is 0 Å². The molecule has 0 aromatic rings. The topological polar surface area (TPSA) is 66.6 Å². The van der Waals surface area contributed by atoms with Gasteiger partial charge in [-0.2, -0.15) is 0 Å². The third kappa shape index (κ3) is 3.29. The molecule has 0 radical (unpaired) electrons. The number of nitrogens with zero attached hydrogens (tertiary/aromatic N) is 2. The lowest BCUT2D eigenvalue weighted by atomic mass is 9.87. The molecule has 2 saturated heterocycles. The number of rotatable bonds is 3. The third-order valence-corrected chi connectivity index (χ3v) is 6.59. The maximum absolute atomic E-state index is 11.6. The Balaban J connectivity index is 2.09. The molecule has 0 aromatic heterocycles. The molecule has 0 aromatic carbocycles. The molecule has 19 heavy (non-hydrogen) atoms. The van der Waals surface area contributed by atoms with Crippen LogP contribution in [-0.2, 0) is 9.84 Å². The van der Waals surface area contributed by atoms with Crippen LogP contribution in [0.2, 0.25) is 0 Å². The monoisotopic (exact) mass is 289 g/mol. The average Bonchev–Trinajstić information content (AvgIpc) is 2.39. The van der Waals surface area contributed by atoms with Crippen LogP contribution >= 0.6 is 0 Å². The van der Waals surface area contributed by atoms with Crippen molar-refractivity contribution in [1.29, 1.82) is 0 Å². The van der Waals surface area contributed by atoms with Gasteiger partial charge in [-0.3, -0.25) is 4.90 Å².